The van der Waals surface area contributed by atoms with Gasteiger partial charge in [0.1, 0.15) is 6.26 Å². The van der Waals surface area contributed by atoms with Crippen molar-refractivity contribution in [1.82, 2.24) is 15.3 Å². The second kappa shape index (κ2) is 5.13. The van der Waals surface area contributed by atoms with Crippen molar-refractivity contribution >= 4 is 0 Å². The Morgan fingerprint density at radius 1 is 1.26 bits per heavy atom. The Kier molecular flexibility index (Phi) is 3.34. The van der Waals surface area contributed by atoms with Crippen LogP contribution in [0.4, 0.5) is 0 Å². The molecule has 0 aliphatic heterocycles. The monoisotopic (exact) mass is 257 g/mol. The molecule has 2 heterocycles. The molecule has 1 N–H and O–H groups in total. The lowest BCUT2D eigenvalue weighted by atomic mass is 10.1. The van der Waals surface area contributed by atoms with Gasteiger partial charge in [0.05, 0.1) is 11.8 Å². The molecule has 1 fully saturated rings. The average molecular weight is 257 g/mol. The van der Waals surface area contributed by atoms with Crippen LogP contribution < -0.4 is 5.32 Å². The van der Waals surface area contributed by atoms with Gasteiger partial charge in [0, 0.05) is 17.4 Å². The third-order valence-corrected chi connectivity index (χ3v) is 3.59. The highest BCUT2D eigenvalue weighted by molar-refractivity contribution is 5.53. The first-order chi connectivity index (χ1) is 9.24. The molecule has 0 spiro atoms. The molecule has 2 aromatic heterocycles. The molecule has 1 saturated carbocycles. The number of nitrogens with one attached hydrogen (secondary N) is 1. The van der Waals surface area contributed by atoms with E-state index in [4.69, 9.17) is 4.42 Å². The van der Waals surface area contributed by atoms with Crippen molar-refractivity contribution in [1.29, 1.82) is 0 Å². The molecule has 19 heavy (non-hydrogen) atoms. The van der Waals surface area contributed by atoms with Crippen LogP contribution in [-0.2, 0) is 6.42 Å². The Balaban J connectivity index is 1.77. The van der Waals surface area contributed by atoms with Crippen molar-refractivity contribution in [2.75, 3.05) is 6.54 Å². The van der Waals surface area contributed by atoms with Crippen LogP contribution in [0, 0.1) is 13.8 Å². The van der Waals surface area contributed by atoms with E-state index < -0.39 is 0 Å². The molecule has 100 valence electrons. The lowest BCUT2D eigenvalue weighted by molar-refractivity contribution is 0.568. The second-order valence-corrected chi connectivity index (χ2v) is 5.19. The minimum atomic E-state index is 0.752. The minimum Gasteiger partial charge on any atom is -0.472 e. The zero-order chi connectivity index (χ0) is 13.2. The molecule has 0 radical (unpaired) electrons. The topological polar surface area (TPSA) is 51.0 Å². The molecular weight excluding hydrogens is 238 g/mol. The summed E-state index contributed by atoms with van der Waals surface area (Å²) in [6.07, 6.45) is 6.99. The molecule has 3 rings (SSSR count). The van der Waals surface area contributed by atoms with E-state index in [1.54, 1.807) is 12.5 Å². The number of rotatable bonds is 5. The quantitative estimate of drug-likeness (QED) is 0.894. The maximum atomic E-state index is 5.09. The van der Waals surface area contributed by atoms with Gasteiger partial charge in [-0.25, -0.2) is 9.97 Å². The third-order valence-electron chi connectivity index (χ3n) is 3.59. The van der Waals surface area contributed by atoms with E-state index in [0.717, 1.165) is 41.8 Å². The number of aryl methyl sites for hydroxylation is 2. The van der Waals surface area contributed by atoms with Crippen LogP contribution in [0.2, 0.25) is 0 Å². The third kappa shape index (κ3) is 2.84. The van der Waals surface area contributed by atoms with Gasteiger partial charge in [-0.3, -0.25) is 0 Å². The molecule has 0 amide bonds. The molecule has 1 aliphatic carbocycles. The Labute approximate surface area is 113 Å². The second-order valence-electron chi connectivity index (χ2n) is 5.19. The molecule has 0 bridgehead atoms. The van der Waals surface area contributed by atoms with E-state index >= 15 is 0 Å². The smallest absolute Gasteiger partial charge is 0.162 e. The lowest BCUT2D eigenvalue weighted by Gasteiger charge is -2.10. The summed E-state index contributed by atoms with van der Waals surface area (Å²) >= 11 is 0. The van der Waals surface area contributed by atoms with E-state index in [1.807, 2.05) is 6.07 Å². The maximum absolute atomic E-state index is 5.09. The molecule has 4 heteroatoms. The summed E-state index contributed by atoms with van der Waals surface area (Å²) in [5.74, 6) is 0.752. The molecule has 0 atom stereocenters. The van der Waals surface area contributed by atoms with Crippen molar-refractivity contribution in [3.63, 3.8) is 0 Å². The normalized spacial score (nSPS) is 14.8. The Bertz CT molecular complexity index is 536. The van der Waals surface area contributed by atoms with Crippen LogP contribution in [0.1, 0.15) is 29.8 Å². The summed E-state index contributed by atoms with van der Waals surface area (Å²) in [4.78, 5) is 9.18. The van der Waals surface area contributed by atoms with Crippen molar-refractivity contribution in [2.24, 2.45) is 0 Å². The highest BCUT2D eigenvalue weighted by Crippen LogP contribution is 2.21. The Hall–Kier alpha value is -1.68. The molecule has 0 saturated heterocycles. The first kappa shape index (κ1) is 12.4. The summed E-state index contributed by atoms with van der Waals surface area (Å²) in [6, 6.07) is 2.65. The van der Waals surface area contributed by atoms with Gasteiger partial charge in [-0.15, -0.1) is 0 Å². The van der Waals surface area contributed by atoms with Crippen LogP contribution >= 0.6 is 0 Å². The number of hydrogen-bond acceptors (Lipinski definition) is 4. The first-order valence-corrected chi connectivity index (χ1v) is 6.84. The summed E-state index contributed by atoms with van der Waals surface area (Å²) in [6.45, 7) is 5.14. The fourth-order valence-electron chi connectivity index (χ4n) is 2.31. The van der Waals surface area contributed by atoms with Gasteiger partial charge >= 0.3 is 0 Å². The Morgan fingerprint density at radius 3 is 2.58 bits per heavy atom. The van der Waals surface area contributed by atoms with E-state index in [0.29, 0.717) is 0 Å². The highest BCUT2D eigenvalue weighted by Gasteiger charge is 2.20. The van der Waals surface area contributed by atoms with Gasteiger partial charge in [0.15, 0.2) is 5.82 Å². The van der Waals surface area contributed by atoms with Crippen LogP contribution in [0.3, 0.4) is 0 Å². The molecule has 2 aromatic rings. The van der Waals surface area contributed by atoms with Gasteiger partial charge in [-0.05, 0) is 51.3 Å². The minimum absolute atomic E-state index is 0.752. The number of hydrogen-bond donors (Lipinski definition) is 1. The van der Waals surface area contributed by atoms with Crippen molar-refractivity contribution in [3.05, 3.63) is 35.5 Å². The predicted molar refractivity (Wildman–Crippen MR) is 73.9 cm³/mol. The summed E-state index contributed by atoms with van der Waals surface area (Å²) in [7, 11) is 0. The maximum Gasteiger partial charge on any atom is 0.162 e. The van der Waals surface area contributed by atoms with Gasteiger partial charge in [-0.2, -0.15) is 0 Å². The largest absolute Gasteiger partial charge is 0.472 e. The van der Waals surface area contributed by atoms with Gasteiger partial charge < -0.3 is 9.73 Å². The molecule has 1 aliphatic rings. The van der Waals surface area contributed by atoms with Gasteiger partial charge in [0.2, 0.25) is 0 Å². The van der Waals surface area contributed by atoms with Gasteiger partial charge in [0.25, 0.3) is 0 Å². The van der Waals surface area contributed by atoms with E-state index in [2.05, 4.69) is 29.1 Å². The average Bonchev–Trinajstić information content (AvgIpc) is 3.04. The lowest BCUT2D eigenvalue weighted by Crippen LogP contribution is -2.20. The van der Waals surface area contributed by atoms with Crippen LogP contribution in [0.25, 0.3) is 11.4 Å². The summed E-state index contributed by atoms with van der Waals surface area (Å²) in [5.41, 5.74) is 4.34. The predicted octanol–water partition coefficient (Wildman–Crippen LogP) is 2.65. The summed E-state index contributed by atoms with van der Waals surface area (Å²) < 4.78 is 5.09. The standard InChI is InChI=1S/C15H19N3O/c1-10-14(5-7-16-13-3-4-13)11(2)18-15(17-10)12-6-8-19-9-12/h6,8-9,13,16H,3-5,7H2,1-2H3. The highest BCUT2D eigenvalue weighted by atomic mass is 16.3. The molecular formula is C15H19N3O. The van der Waals surface area contributed by atoms with Crippen LogP contribution in [0.15, 0.2) is 23.0 Å². The fourth-order valence-corrected chi connectivity index (χ4v) is 2.31. The zero-order valence-electron chi connectivity index (χ0n) is 11.4. The molecule has 0 aromatic carbocycles. The van der Waals surface area contributed by atoms with Crippen LogP contribution in [-0.4, -0.2) is 22.6 Å². The first-order valence-electron chi connectivity index (χ1n) is 6.84. The van der Waals surface area contributed by atoms with Crippen LogP contribution in [0.5, 0.6) is 0 Å². The number of furan rings is 1. The van der Waals surface area contributed by atoms with Crippen molar-refractivity contribution in [3.8, 4) is 11.4 Å². The van der Waals surface area contributed by atoms with E-state index in [-0.39, 0.29) is 0 Å². The SMILES string of the molecule is Cc1nc(-c2ccoc2)nc(C)c1CCNC1CC1. The summed E-state index contributed by atoms with van der Waals surface area (Å²) in [5, 5.41) is 3.53. The number of aromatic nitrogens is 2. The fraction of sp³-hybridized carbons (Fsp3) is 0.467. The van der Waals surface area contributed by atoms with E-state index in [9.17, 15) is 0 Å². The zero-order valence-corrected chi connectivity index (χ0v) is 11.4. The van der Waals surface area contributed by atoms with Crippen molar-refractivity contribution in [2.45, 2.75) is 39.2 Å². The van der Waals surface area contributed by atoms with E-state index in [1.165, 1.54) is 18.4 Å². The molecule has 4 nitrogen and oxygen atoms in total. The molecule has 0 unspecified atom stereocenters. The Morgan fingerprint density at radius 2 is 2.00 bits per heavy atom. The van der Waals surface area contributed by atoms with Gasteiger partial charge in [-0.1, -0.05) is 0 Å². The van der Waals surface area contributed by atoms with Crippen molar-refractivity contribution < 1.29 is 4.42 Å². The number of nitrogens with zero attached hydrogens (tertiary/aromatic N) is 2.